The van der Waals surface area contributed by atoms with Gasteiger partial charge in [0.05, 0.1) is 24.2 Å². The predicted molar refractivity (Wildman–Crippen MR) is 111 cm³/mol. The van der Waals surface area contributed by atoms with Gasteiger partial charge < -0.3 is 10.1 Å². The summed E-state index contributed by atoms with van der Waals surface area (Å²) in [5, 5.41) is 16.6. The van der Waals surface area contributed by atoms with E-state index < -0.39 is 0 Å². The highest BCUT2D eigenvalue weighted by atomic mass is 35.5. The van der Waals surface area contributed by atoms with Gasteiger partial charge in [0.2, 0.25) is 11.1 Å². The van der Waals surface area contributed by atoms with E-state index in [1.165, 1.54) is 18.9 Å². The Morgan fingerprint density at radius 2 is 2.07 bits per heavy atom. The number of nitrogens with zero attached hydrogens (tertiary/aromatic N) is 5. The summed E-state index contributed by atoms with van der Waals surface area (Å²) >= 11 is 7.23. The number of halogens is 1. The van der Waals surface area contributed by atoms with Crippen molar-refractivity contribution in [3.63, 3.8) is 0 Å². The molecule has 1 N–H and O–H groups in total. The molecule has 1 aromatic carbocycles. The number of hydrogen-bond acceptors (Lipinski definition) is 7. The van der Waals surface area contributed by atoms with Crippen LogP contribution in [0, 0.1) is 0 Å². The third-order valence-electron chi connectivity index (χ3n) is 3.93. The maximum absolute atomic E-state index is 12.4. The summed E-state index contributed by atoms with van der Waals surface area (Å²) in [5.74, 6) is 0.418. The van der Waals surface area contributed by atoms with E-state index in [0.717, 1.165) is 5.69 Å². The highest BCUT2D eigenvalue weighted by Crippen LogP contribution is 2.28. The number of anilines is 1. The van der Waals surface area contributed by atoms with Gasteiger partial charge in [-0.05, 0) is 42.5 Å². The molecule has 0 aliphatic rings. The summed E-state index contributed by atoms with van der Waals surface area (Å²) in [6, 6.07) is 14.3. The number of ether oxygens (including phenoxy) is 1. The molecule has 0 saturated carbocycles. The highest BCUT2D eigenvalue weighted by Gasteiger charge is 2.13. The molecule has 0 bridgehead atoms. The van der Waals surface area contributed by atoms with Crippen molar-refractivity contribution in [2.24, 2.45) is 0 Å². The SMILES string of the molecule is COc1ccc(Cl)cc1NC(=O)CSc1nnc2ccc(-c3ccccn3)nn12. The standard InChI is InChI=1S/C19H15ClN6O2S/c1-28-16-7-5-12(20)10-15(16)22-18(27)11-29-19-24-23-17-8-6-14(25-26(17)19)13-4-2-3-9-21-13/h2-10H,11H2,1H3,(H,22,27). The molecule has 3 aromatic heterocycles. The lowest BCUT2D eigenvalue weighted by atomic mass is 10.2. The van der Waals surface area contributed by atoms with Crippen LogP contribution in [0.1, 0.15) is 0 Å². The molecule has 10 heteroatoms. The van der Waals surface area contributed by atoms with E-state index in [-0.39, 0.29) is 11.7 Å². The normalized spacial score (nSPS) is 10.8. The van der Waals surface area contributed by atoms with E-state index in [1.807, 2.05) is 30.3 Å². The van der Waals surface area contributed by atoms with Crippen molar-refractivity contribution in [2.45, 2.75) is 5.16 Å². The summed E-state index contributed by atoms with van der Waals surface area (Å²) in [5.41, 5.74) is 2.52. The van der Waals surface area contributed by atoms with Crippen molar-refractivity contribution in [3.05, 3.63) is 59.8 Å². The van der Waals surface area contributed by atoms with Gasteiger partial charge >= 0.3 is 0 Å². The molecule has 4 aromatic rings. The topological polar surface area (TPSA) is 94.3 Å². The second kappa shape index (κ2) is 8.46. The Morgan fingerprint density at radius 1 is 1.17 bits per heavy atom. The minimum Gasteiger partial charge on any atom is -0.495 e. The van der Waals surface area contributed by atoms with Gasteiger partial charge in [0.25, 0.3) is 0 Å². The first-order chi connectivity index (χ1) is 14.1. The van der Waals surface area contributed by atoms with Gasteiger partial charge in [-0.25, -0.2) is 0 Å². The fourth-order valence-corrected chi connectivity index (χ4v) is 3.46. The van der Waals surface area contributed by atoms with Crippen LogP contribution in [0.15, 0.2) is 59.9 Å². The first-order valence-electron chi connectivity index (χ1n) is 8.54. The number of thioether (sulfide) groups is 1. The first kappa shape index (κ1) is 19.2. The van der Waals surface area contributed by atoms with Gasteiger partial charge in [0, 0.05) is 11.2 Å². The molecule has 0 aliphatic heterocycles. The molecule has 8 nitrogen and oxygen atoms in total. The zero-order chi connectivity index (χ0) is 20.2. The number of methoxy groups -OCH3 is 1. The van der Waals surface area contributed by atoms with Gasteiger partial charge in [0.15, 0.2) is 5.65 Å². The molecular formula is C19H15ClN6O2S. The molecule has 146 valence electrons. The maximum Gasteiger partial charge on any atom is 0.234 e. The Hall–Kier alpha value is -3.17. The lowest BCUT2D eigenvalue weighted by Gasteiger charge is -2.10. The summed E-state index contributed by atoms with van der Waals surface area (Å²) in [4.78, 5) is 16.7. The average molecular weight is 427 g/mol. The maximum atomic E-state index is 12.4. The lowest BCUT2D eigenvalue weighted by Crippen LogP contribution is -2.15. The monoisotopic (exact) mass is 426 g/mol. The van der Waals surface area contributed by atoms with E-state index in [9.17, 15) is 4.79 Å². The highest BCUT2D eigenvalue weighted by molar-refractivity contribution is 7.99. The smallest absolute Gasteiger partial charge is 0.234 e. The molecule has 1 amide bonds. The molecule has 0 radical (unpaired) electrons. The fraction of sp³-hybridized carbons (Fsp3) is 0.105. The lowest BCUT2D eigenvalue weighted by molar-refractivity contribution is -0.113. The van der Waals surface area contributed by atoms with Crippen molar-refractivity contribution in [2.75, 3.05) is 18.2 Å². The van der Waals surface area contributed by atoms with Crippen LogP contribution >= 0.6 is 23.4 Å². The van der Waals surface area contributed by atoms with Gasteiger partial charge in [-0.3, -0.25) is 9.78 Å². The Labute approximate surface area is 175 Å². The zero-order valence-corrected chi connectivity index (χ0v) is 16.8. The van der Waals surface area contributed by atoms with Crippen LogP contribution in [-0.2, 0) is 4.79 Å². The van der Waals surface area contributed by atoms with Gasteiger partial charge in [-0.2, -0.15) is 9.61 Å². The van der Waals surface area contributed by atoms with Crippen molar-refractivity contribution in [3.8, 4) is 17.1 Å². The second-order valence-electron chi connectivity index (χ2n) is 5.87. The molecule has 0 spiro atoms. The zero-order valence-electron chi connectivity index (χ0n) is 15.2. The number of hydrogen-bond donors (Lipinski definition) is 1. The van der Waals surface area contributed by atoms with Crippen LogP contribution in [0.5, 0.6) is 5.75 Å². The number of rotatable bonds is 6. The molecule has 29 heavy (non-hydrogen) atoms. The number of pyridine rings is 1. The Balaban J connectivity index is 1.50. The number of fused-ring (bicyclic) bond motifs is 1. The first-order valence-corrected chi connectivity index (χ1v) is 9.90. The molecule has 0 aliphatic carbocycles. The van der Waals surface area contributed by atoms with E-state index in [0.29, 0.717) is 33.0 Å². The number of nitrogens with one attached hydrogen (secondary N) is 1. The Morgan fingerprint density at radius 3 is 2.86 bits per heavy atom. The molecular weight excluding hydrogens is 412 g/mol. The molecule has 4 rings (SSSR count). The second-order valence-corrected chi connectivity index (χ2v) is 7.25. The number of aromatic nitrogens is 5. The van der Waals surface area contributed by atoms with E-state index in [1.54, 1.807) is 28.9 Å². The number of carbonyl (C=O) groups is 1. The van der Waals surface area contributed by atoms with Crippen molar-refractivity contribution >= 4 is 40.6 Å². The van der Waals surface area contributed by atoms with Gasteiger partial charge in [0.1, 0.15) is 11.4 Å². The van der Waals surface area contributed by atoms with E-state index in [4.69, 9.17) is 16.3 Å². The summed E-state index contributed by atoms with van der Waals surface area (Å²) in [7, 11) is 1.53. The minimum atomic E-state index is -0.229. The molecule has 0 saturated heterocycles. The van der Waals surface area contributed by atoms with Crippen molar-refractivity contribution in [1.82, 2.24) is 24.8 Å². The van der Waals surface area contributed by atoms with Crippen LogP contribution in [0.2, 0.25) is 5.02 Å². The van der Waals surface area contributed by atoms with Gasteiger partial charge in [-0.1, -0.05) is 29.4 Å². The van der Waals surface area contributed by atoms with Gasteiger partial charge in [-0.15, -0.1) is 10.2 Å². The van der Waals surface area contributed by atoms with Crippen LogP contribution in [0.25, 0.3) is 17.0 Å². The van der Waals surface area contributed by atoms with Crippen LogP contribution in [0.3, 0.4) is 0 Å². The van der Waals surface area contributed by atoms with Crippen LogP contribution in [-0.4, -0.2) is 43.6 Å². The average Bonchev–Trinajstić information content (AvgIpc) is 3.15. The largest absolute Gasteiger partial charge is 0.495 e. The third kappa shape index (κ3) is 4.30. The minimum absolute atomic E-state index is 0.117. The summed E-state index contributed by atoms with van der Waals surface area (Å²) < 4.78 is 6.84. The molecule has 0 fully saturated rings. The quantitative estimate of drug-likeness (QED) is 0.471. The molecule has 0 atom stereocenters. The summed E-state index contributed by atoms with van der Waals surface area (Å²) in [6.07, 6.45) is 1.71. The van der Waals surface area contributed by atoms with Crippen LogP contribution in [0.4, 0.5) is 5.69 Å². The number of amides is 1. The summed E-state index contributed by atoms with van der Waals surface area (Å²) in [6.45, 7) is 0. The third-order valence-corrected chi connectivity index (χ3v) is 5.08. The van der Waals surface area contributed by atoms with E-state index >= 15 is 0 Å². The Bertz CT molecular complexity index is 1170. The van der Waals surface area contributed by atoms with Crippen LogP contribution < -0.4 is 10.1 Å². The molecule has 3 heterocycles. The number of benzene rings is 1. The number of carbonyl (C=O) groups excluding carboxylic acids is 1. The predicted octanol–water partition coefficient (Wildman–Crippen LogP) is 3.58. The Kier molecular flexibility index (Phi) is 5.59. The van der Waals surface area contributed by atoms with Crippen molar-refractivity contribution in [1.29, 1.82) is 0 Å². The van der Waals surface area contributed by atoms with Crippen molar-refractivity contribution < 1.29 is 9.53 Å². The fourth-order valence-electron chi connectivity index (χ4n) is 2.60. The van der Waals surface area contributed by atoms with E-state index in [2.05, 4.69) is 25.6 Å². The molecule has 0 unspecified atom stereocenters.